The summed E-state index contributed by atoms with van der Waals surface area (Å²) < 4.78 is 27.5. The molecule has 0 unspecified atom stereocenters. The zero-order valence-corrected chi connectivity index (χ0v) is 16.4. The van der Waals surface area contributed by atoms with E-state index in [4.69, 9.17) is 0 Å². The minimum atomic E-state index is -3.64. The highest BCUT2D eigenvalue weighted by molar-refractivity contribution is 7.94. The molecular formula is C18H20N4O2S2. The molecule has 0 spiro atoms. The number of rotatable bonds is 6. The number of anilines is 3. The summed E-state index contributed by atoms with van der Waals surface area (Å²) in [6.45, 7) is 6.08. The van der Waals surface area contributed by atoms with Gasteiger partial charge in [-0.25, -0.2) is 8.42 Å². The molecule has 0 aliphatic rings. The van der Waals surface area contributed by atoms with Crippen molar-refractivity contribution in [2.75, 3.05) is 10.0 Å². The smallest absolute Gasteiger partial charge is 0.272 e. The Bertz CT molecular complexity index is 1010. The fraction of sp³-hybridized carbons (Fsp3) is 0.222. The molecule has 0 aliphatic carbocycles. The normalized spacial score (nSPS) is 11.3. The van der Waals surface area contributed by atoms with Gasteiger partial charge in [-0.1, -0.05) is 13.0 Å². The van der Waals surface area contributed by atoms with E-state index in [0.29, 0.717) is 5.82 Å². The fourth-order valence-electron chi connectivity index (χ4n) is 2.30. The minimum Gasteiger partial charge on any atom is -0.339 e. The van der Waals surface area contributed by atoms with Crippen LogP contribution in [0.2, 0.25) is 0 Å². The van der Waals surface area contributed by atoms with Crippen LogP contribution in [-0.4, -0.2) is 18.6 Å². The van der Waals surface area contributed by atoms with Crippen molar-refractivity contribution in [1.29, 1.82) is 0 Å². The molecular weight excluding hydrogens is 368 g/mol. The summed E-state index contributed by atoms with van der Waals surface area (Å²) in [7, 11) is -3.64. The van der Waals surface area contributed by atoms with Crippen LogP contribution < -0.4 is 10.0 Å². The lowest BCUT2D eigenvalue weighted by molar-refractivity contribution is 0.603. The number of thiophene rings is 1. The SMILES string of the molecule is CCc1ccc(S(=O)(=O)Nc2ccc(Nc3ccc(C)c(C)c3)nn2)s1. The van der Waals surface area contributed by atoms with E-state index in [1.807, 2.05) is 38.1 Å². The van der Waals surface area contributed by atoms with Crippen LogP contribution in [0.3, 0.4) is 0 Å². The molecule has 3 rings (SSSR count). The predicted molar refractivity (Wildman–Crippen MR) is 106 cm³/mol. The number of nitrogens with zero attached hydrogens (tertiary/aromatic N) is 2. The van der Waals surface area contributed by atoms with Gasteiger partial charge in [-0.3, -0.25) is 4.72 Å². The first-order chi connectivity index (χ1) is 12.4. The molecule has 8 heteroatoms. The van der Waals surface area contributed by atoms with Crippen molar-refractivity contribution < 1.29 is 8.42 Å². The molecule has 0 amide bonds. The van der Waals surface area contributed by atoms with Gasteiger partial charge in [0.1, 0.15) is 4.21 Å². The third-order valence-electron chi connectivity index (χ3n) is 3.93. The summed E-state index contributed by atoms with van der Waals surface area (Å²) in [5.74, 6) is 0.725. The lowest BCUT2D eigenvalue weighted by atomic mass is 10.1. The molecule has 1 aromatic carbocycles. The maximum absolute atomic E-state index is 12.4. The first kappa shape index (κ1) is 18.3. The number of nitrogens with one attached hydrogen (secondary N) is 2. The summed E-state index contributed by atoms with van der Waals surface area (Å²) in [4.78, 5) is 1.02. The number of benzene rings is 1. The Morgan fingerprint density at radius 2 is 1.69 bits per heavy atom. The second kappa shape index (κ2) is 7.43. The highest BCUT2D eigenvalue weighted by atomic mass is 32.2. The predicted octanol–water partition coefficient (Wildman–Crippen LogP) is 4.26. The Morgan fingerprint density at radius 3 is 2.31 bits per heavy atom. The van der Waals surface area contributed by atoms with Gasteiger partial charge in [-0.2, -0.15) is 0 Å². The monoisotopic (exact) mass is 388 g/mol. The average molecular weight is 389 g/mol. The van der Waals surface area contributed by atoms with Gasteiger partial charge < -0.3 is 5.32 Å². The molecule has 26 heavy (non-hydrogen) atoms. The van der Waals surface area contributed by atoms with Crippen LogP contribution in [0.1, 0.15) is 22.9 Å². The van der Waals surface area contributed by atoms with E-state index in [9.17, 15) is 8.42 Å². The van der Waals surface area contributed by atoms with Crippen LogP contribution in [0.15, 0.2) is 46.7 Å². The second-order valence-corrected chi connectivity index (χ2v) is 8.99. The largest absolute Gasteiger partial charge is 0.339 e. The minimum absolute atomic E-state index is 0.182. The third-order valence-corrected chi connectivity index (χ3v) is 7.01. The first-order valence-electron chi connectivity index (χ1n) is 8.17. The van der Waals surface area contributed by atoms with Gasteiger partial charge in [-0.05, 0) is 67.8 Å². The molecule has 136 valence electrons. The van der Waals surface area contributed by atoms with E-state index in [0.717, 1.165) is 17.0 Å². The molecule has 2 heterocycles. The van der Waals surface area contributed by atoms with Gasteiger partial charge in [-0.15, -0.1) is 21.5 Å². The molecule has 0 saturated heterocycles. The van der Waals surface area contributed by atoms with E-state index in [2.05, 4.69) is 27.2 Å². The number of hydrogen-bond acceptors (Lipinski definition) is 6. The molecule has 0 saturated carbocycles. The fourth-order valence-corrected chi connectivity index (χ4v) is 4.59. The number of aryl methyl sites for hydroxylation is 3. The standard InChI is InChI=1S/C18H20N4O2S2/c1-4-15-7-10-18(25-15)26(23,24)22-17-9-8-16(20-21-17)19-14-6-5-12(2)13(3)11-14/h5-11H,4H2,1-3H3,(H,19,20)(H,21,22). The first-order valence-corrected chi connectivity index (χ1v) is 10.5. The highest BCUT2D eigenvalue weighted by Crippen LogP contribution is 2.24. The maximum Gasteiger partial charge on any atom is 0.272 e. The van der Waals surface area contributed by atoms with E-state index in [-0.39, 0.29) is 10.0 Å². The van der Waals surface area contributed by atoms with Gasteiger partial charge in [0.15, 0.2) is 11.6 Å². The number of aromatic nitrogens is 2. The van der Waals surface area contributed by atoms with E-state index < -0.39 is 10.0 Å². The van der Waals surface area contributed by atoms with Crippen LogP contribution >= 0.6 is 11.3 Å². The Hall–Kier alpha value is -2.45. The topological polar surface area (TPSA) is 84.0 Å². The van der Waals surface area contributed by atoms with E-state index in [1.54, 1.807) is 18.2 Å². The Balaban J connectivity index is 1.71. The van der Waals surface area contributed by atoms with Gasteiger partial charge in [0, 0.05) is 10.6 Å². The van der Waals surface area contributed by atoms with Gasteiger partial charge >= 0.3 is 0 Å². The van der Waals surface area contributed by atoms with Gasteiger partial charge in [0.05, 0.1) is 0 Å². The summed E-state index contributed by atoms with van der Waals surface area (Å²) in [5.41, 5.74) is 3.29. The summed E-state index contributed by atoms with van der Waals surface area (Å²) in [6, 6.07) is 12.7. The van der Waals surface area contributed by atoms with Crippen molar-refractivity contribution in [3.8, 4) is 0 Å². The molecule has 2 N–H and O–H groups in total. The summed E-state index contributed by atoms with van der Waals surface area (Å²) >= 11 is 1.26. The molecule has 0 fully saturated rings. The molecule has 0 atom stereocenters. The van der Waals surface area contributed by atoms with Crippen molar-refractivity contribution in [2.45, 2.75) is 31.4 Å². The van der Waals surface area contributed by atoms with Crippen LogP contribution in [0.25, 0.3) is 0 Å². The lowest BCUT2D eigenvalue weighted by Gasteiger charge is -2.09. The number of sulfonamides is 1. The van der Waals surface area contributed by atoms with Crippen LogP contribution in [0.4, 0.5) is 17.3 Å². The Kier molecular flexibility index (Phi) is 5.24. The molecule has 0 radical (unpaired) electrons. The summed E-state index contributed by atoms with van der Waals surface area (Å²) in [5, 5.41) is 11.2. The zero-order chi connectivity index (χ0) is 18.7. The molecule has 3 aromatic rings. The second-order valence-electron chi connectivity index (χ2n) is 5.91. The maximum atomic E-state index is 12.4. The van der Waals surface area contributed by atoms with Gasteiger partial charge in [0.2, 0.25) is 0 Å². The van der Waals surface area contributed by atoms with E-state index in [1.165, 1.54) is 22.5 Å². The van der Waals surface area contributed by atoms with Crippen LogP contribution in [-0.2, 0) is 16.4 Å². The Labute approximate surface area is 157 Å². The molecule has 0 aliphatic heterocycles. The van der Waals surface area contributed by atoms with Gasteiger partial charge in [0.25, 0.3) is 10.0 Å². The summed E-state index contributed by atoms with van der Waals surface area (Å²) in [6.07, 6.45) is 0.804. The molecule has 2 aromatic heterocycles. The highest BCUT2D eigenvalue weighted by Gasteiger charge is 2.17. The van der Waals surface area contributed by atoms with Crippen LogP contribution in [0, 0.1) is 13.8 Å². The molecule has 6 nitrogen and oxygen atoms in total. The van der Waals surface area contributed by atoms with Crippen molar-refractivity contribution >= 4 is 38.7 Å². The average Bonchev–Trinajstić information content (AvgIpc) is 3.10. The van der Waals surface area contributed by atoms with Crippen molar-refractivity contribution in [3.63, 3.8) is 0 Å². The Morgan fingerprint density at radius 1 is 0.962 bits per heavy atom. The van der Waals surface area contributed by atoms with Crippen LogP contribution in [0.5, 0.6) is 0 Å². The van der Waals surface area contributed by atoms with Crippen molar-refractivity contribution in [3.05, 3.63) is 58.5 Å². The number of hydrogen-bond donors (Lipinski definition) is 2. The molecule has 0 bridgehead atoms. The van der Waals surface area contributed by atoms with Crippen molar-refractivity contribution in [2.24, 2.45) is 0 Å². The zero-order valence-electron chi connectivity index (χ0n) is 14.8. The van der Waals surface area contributed by atoms with Crippen molar-refractivity contribution in [1.82, 2.24) is 10.2 Å². The third kappa shape index (κ3) is 4.20. The van der Waals surface area contributed by atoms with E-state index >= 15 is 0 Å². The lowest BCUT2D eigenvalue weighted by Crippen LogP contribution is -2.13. The quantitative estimate of drug-likeness (QED) is 0.659.